The van der Waals surface area contributed by atoms with Crippen molar-refractivity contribution in [1.29, 1.82) is 0 Å². The molecule has 0 aliphatic carbocycles. The molecule has 2 rings (SSSR count). The summed E-state index contributed by atoms with van der Waals surface area (Å²) in [6.45, 7) is 2.07. The molecule has 0 radical (unpaired) electrons. The van der Waals surface area contributed by atoms with Gasteiger partial charge < -0.3 is 15.3 Å². The minimum atomic E-state index is -0.733. The van der Waals surface area contributed by atoms with E-state index < -0.39 is 11.8 Å². The van der Waals surface area contributed by atoms with Gasteiger partial charge in [0.1, 0.15) is 0 Å². The van der Waals surface area contributed by atoms with Crippen molar-refractivity contribution in [1.82, 2.24) is 9.88 Å². The first kappa shape index (κ1) is 14.9. The van der Waals surface area contributed by atoms with Crippen molar-refractivity contribution in [3.63, 3.8) is 0 Å². The lowest BCUT2D eigenvalue weighted by Crippen LogP contribution is -2.41. The van der Waals surface area contributed by atoms with Gasteiger partial charge in [-0.1, -0.05) is 18.2 Å². The number of aliphatic hydroxyl groups excluding tert-OH is 1. The van der Waals surface area contributed by atoms with E-state index in [9.17, 15) is 9.59 Å². The van der Waals surface area contributed by atoms with Gasteiger partial charge in [-0.05, 0) is 19.1 Å². The van der Waals surface area contributed by atoms with Crippen LogP contribution in [0, 0.1) is 0 Å². The van der Waals surface area contributed by atoms with Crippen LogP contribution in [0.3, 0.4) is 0 Å². The lowest BCUT2D eigenvalue weighted by molar-refractivity contribution is -0.143. The number of amides is 2. The Labute approximate surface area is 122 Å². The van der Waals surface area contributed by atoms with E-state index in [1.54, 1.807) is 31.3 Å². The number of benzene rings is 1. The number of hydrogen-bond donors (Lipinski definition) is 2. The van der Waals surface area contributed by atoms with Crippen LogP contribution < -0.4 is 5.32 Å². The highest BCUT2D eigenvalue weighted by Gasteiger charge is 2.20. The molecule has 2 amide bonds. The summed E-state index contributed by atoms with van der Waals surface area (Å²) >= 11 is 0. The quantitative estimate of drug-likeness (QED) is 0.822. The van der Waals surface area contributed by atoms with E-state index in [1.807, 2.05) is 12.1 Å². The number of pyridine rings is 1. The molecular formula is C15H17N3O3. The average Bonchev–Trinajstić information content (AvgIpc) is 2.52. The molecule has 6 heteroatoms. The maximum atomic E-state index is 12.0. The smallest absolute Gasteiger partial charge is 0.313 e. The first-order valence-corrected chi connectivity index (χ1v) is 6.72. The zero-order chi connectivity index (χ0) is 15.2. The molecule has 1 heterocycles. The van der Waals surface area contributed by atoms with Crippen LogP contribution in [-0.4, -0.2) is 46.5 Å². The highest BCUT2D eigenvalue weighted by atomic mass is 16.3. The molecule has 0 atom stereocenters. The monoisotopic (exact) mass is 287 g/mol. The number of aromatic nitrogens is 1. The molecule has 1 aromatic heterocycles. The standard InChI is InChI=1S/C15H17N3O3/c1-2-18(9-10-19)15(21)14(20)17-12-7-3-5-11-6-4-8-16-13(11)12/h3-8,19H,2,9-10H2,1H3,(H,17,20). The second kappa shape index (κ2) is 6.81. The topological polar surface area (TPSA) is 82.5 Å². The number of para-hydroxylation sites is 1. The molecule has 0 fully saturated rings. The third-order valence-electron chi connectivity index (χ3n) is 3.11. The molecular weight excluding hydrogens is 270 g/mol. The minimum absolute atomic E-state index is 0.135. The van der Waals surface area contributed by atoms with Gasteiger partial charge in [-0.2, -0.15) is 0 Å². The van der Waals surface area contributed by atoms with Gasteiger partial charge in [-0.15, -0.1) is 0 Å². The Morgan fingerprint density at radius 1 is 1.29 bits per heavy atom. The number of aliphatic hydroxyl groups is 1. The van der Waals surface area contributed by atoms with E-state index in [1.165, 1.54) is 4.90 Å². The number of fused-ring (bicyclic) bond motifs is 1. The maximum absolute atomic E-state index is 12.0. The number of likely N-dealkylation sites (N-methyl/N-ethyl adjacent to an activating group) is 1. The van der Waals surface area contributed by atoms with E-state index in [0.717, 1.165) is 5.39 Å². The molecule has 0 bridgehead atoms. The van der Waals surface area contributed by atoms with Crippen molar-refractivity contribution in [3.8, 4) is 0 Å². The molecule has 0 saturated heterocycles. The summed E-state index contributed by atoms with van der Waals surface area (Å²) in [7, 11) is 0. The van der Waals surface area contributed by atoms with Crippen molar-refractivity contribution in [2.75, 3.05) is 25.0 Å². The second-order valence-electron chi connectivity index (χ2n) is 4.44. The number of rotatable bonds is 4. The zero-order valence-electron chi connectivity index (χ0n) is 11.7. The molecule has 2 aromatic rings. The molecule has 0 saturated carbocycles. The Kier molecular flexibility index (Phi) is 4.84. The van der Waals surface area contributed by atoms with Crippen LogP contribution in [0.15, 0.2) is 36.5 Å². The molecule has 0 spiro atoms. The van der Waals surface area contributed by atoms with Gasteiger partial charge in [0.2, 0.25) is 0 Å². The lowest BCUT2D eigenvalue weighted by Gasteiger charge is -2.19. The third-order valence-corrected chi connectivity index (χ3v) is 3.11. The largest absolute Gasteiger partial charge is 0.395 e. The number of anilines is 1. The van der Waals surface area contributed by atoms with Gasteiger partial charge in [0.05, 0.1) is 17.8 Å². The van der Waals surface area contributed by atoms with Gasteiger partial charge in [-0.25, -0.2) is 0 Å². The van der Waals surface area contributed by atoms with Crippen molar-refractivity contribution >= 4 is 28.4 Å². The summed E-state index contributed by atoms with van der Waals surface area (Å²) in [5.74, 6) is -1.40. The molecule has 1 aromatic carbocycles. The Hall–Kier alpha value is -2.47. The molecule has 2 N–H and O–H groups in total. The average molecular weight is 287 g/mol. The molecule has 6 nitrogen and oxygen atoms in total. The van der Waals surface area contributed by atoms with Gasteiger partial charge in [0.25, 0.3) is 0 Å². The predicted octanol–water partition coefficient (Wildman–Crippen LogP) is 1.01. The SMILES string of the molecule is CCN(CCO)C(=O)C(=O)Nc1cccc2cccnc12. The number of carbonyl (C=O) groups is 2. The minimum Gasteiger partial charge on any atom is -0.395 e. The maximum Gasteiger partial charge on any atom is 0.313 e. The van der Waals surface area contributed by atoms with Crippen molar-refractivity contribution in [3.05, 3.63) is 36.5 Å². The normalized spacial score (nSPS) is 10.4. The molecule has 0 aliphatic heterocycles. The first-order valence-electron chi connectivity index (χ1n) is 6.72. The highest BCUT2D eigenvalue weighted by molar-refractivity contribution is 6.40. The van der Waals surface area contributed by atoms with E-state index in [2.05, 4.69) is 10.3 Å². The Morgan fingerprint density at radius 3 is 2.76 bits per heavy atom. The van der Waals surface area contributed by atoms with Gasteiger partial charge in [-0.3, -0.25) is 14.6 Å². The second-order valence-corrected chi connectivity index (χ2v) is 4.44. The highest BCUT2D eigenvalue weighted by Crippen LogP contribution is 2.20. The summed E-state index contributed by atoms with van der Waals surface area (Å²) in [6.07, 6.45) is 1.63. The number of nitrogens with zero attached hydrogens (tertiary/aromatic N) is 2. The Morgan fingerprint density at radius 2 is 2.05 bits per heavy atom. The number of carbonyl (C=O) groups excluding carboxylic acids is 2. The predicted molar refractivity (Wildman–Crippen MR) is 79.7 cm³/mol. The summed E-state index contributed by atoms with van der Waals surface area (Å²) in [4.78, 5) is 29.5. The summed E-state index contributed by atoms with van der Waals surface area (Å²) in [5, 5.41) is 12.4. The fourth-order valence-electron chi connectivity index (χ4n) is 2.05. The third kappa shape index (κ3) is 3.35. The van der Waals surface area contributed by atoms with E-state index >= 15 is 0 Å². The molecule has 0 unspecified atom stereocenters. The van der Waals surface area contributed by atoms with Crippen molar-refractivity contribution in [2.24, 2.45) is 0 Å². The summed E-state index contributed by atoms with van der Waals surface area (Å²) < 4.78 is 0. The number of hydrogen-bond acceptors (Lipinski definition) is 4. The summed E-state index contributed by atoms with van der Waals surface area (Å²) in [6, 6.07) is 9.05. The fraction of sp³-hybridized carbons (Fsp3) is 0.267. The first-order chi connectivity index (χ1) is 10.2. The van der Waals surface area contributed by atoms with Crippen molar-refractivity contribution < 1.29 is 14.7 Å². The van der Waals surface area contributed by atoms with Crippen molar-refractivity contribution in [2.45, 2.75) is 6.92 Å². The Bertz CT molecular complexity index is 652. The van der Waals surface area contributed by atoms with Crippen LogP contribution in [0.5, 0.6) is 0 Å². The van der Waals surface area contributed by atoms with Crippen LogP contribution in [-0.2, 0) is 9.59 Å². The Balaban J connectivity index is 2.20. The van der Waals surface area contributed by atoms with E-state index in [-0.39, 0.29) is 13.2 Å². The number of nitrogens with one attached hydrogen (secondary N) is 1. The fourth-order valence-corrected chi connectivity index (χ4v) is 2.05. The van der Waals surface area contributed by atoms with Crippen LogP contribution in [0.1, 0.15) is 6.92 Å². The zero-order valence-corrected chi connectivity index (χ0v) is 11.7. The van der Waals surface area contributed by atoms with Crippen LogP contribution >= 0.6 is 0 Å². The molecule has 110 valence electrons. The molecule has 0 aliphatic rings. The van der Waals surface area contributed by atoms with E-state index in [0.29, 0.717) is 17.7 Å². The van der Waals surface area contributed by atoms with Crippen LogP contribution in [0.25, 0.3) is 10.9 Å². The van der Waals surface area contributed by atoms with Gasteiger partial charge in [0.15, 0.2) is 0 Å². The molecule has 21 heavy (non-hydrogen) atoms. The van der Waals surface area contributed by atoms with Gasteiger partial charge >= 0.3 is 11.8 Å². The summed E-state index contributed by atoms with van der Waals surface area (Å²) in [5.41, 5.74) is 1.12. The lowest BCUT2D eigenvalue weighted by atomic mass is 10.2. The van der Waals surface area contributed by atoms with Crippen LogP contribution in [0.4, 0.5) is 5.69 Å². The van der Waals surface area contributed by atoms with Gasteiger partial charge in [0, 0.05) is 24.7 Å². The van der Waals surface area contributed by atoms with Crippen LogP contribution in [0.2, 0.25) is 0 Å². The van der Waals surface area contributed by atoms with E-state index in [4.69, 9.17) is 5.11 Å².